The lowest BCUT2D eigenvalue weighted by atomic mass is 10.0. The average Bonchev–Trinajstić information content (AvgIpc) is 3.00. The third kappa shape index (κ3) is 4.08. The maximum absolute atomic E-state index is 12.2. The summed E-state index contributed by atoms with van der Waals surface area (Å²) < 4.78 is 5.31. The second-order valence-electron chi connectivity index (χ2n) is 5.35. The molecular weight excluding hydrogens is 254 g/mol. The molecule has 1 aliphatic rings. The topological polar surface area (TPSA) is 57.5 Å². The van der Waals surface area contributed by atoms with Crippen molar-refractivity contribution < 1.29 is 9.21 Å². The number of nitrogens with one attached hydrogen (secondary N) is 2. The number of piperidine rings is 1. The molecule has 0 saturated carbocycles. The van der Waals surface area contributed by atoms with Crippen LogP contribution in [0.1, 0.15) is 38.5 Å². The predicted molar refractivity (Wildman–Crippen MR) is 78.4 cm³/mol. The highest BCUT2D eigenvalue weighted by Gasteiger charge is 2.22. The lowest BCUT2D eigenvalue weighted by molar-refractivity contribution is -0.123. The fourth-order valence-electron chi connectivity index (χ4n) is 2.75. The first-order valence-corrected chi connectivity index (χ1v) is 7.48. The van der Waals surface area contributed by atoms with Gasteiger partial charge in [0.1, 0.15) is 5.76 Å². The van der Waals surface area contributed by atoms with E-state index in [1.54, 1.807) is 6.26 Å². The molecule has 5 heteroatoms. The molecule has 2 heterocycles. The maximum Gasteiger partial charge on any atom is 0.234 e. The van der Waals surface area contributed by atoms with Crippen LogP contribution in [0.25, 0.3) is 0 Å². The Labute approximate surface area is 120 Å². The molecular formula is C15H25N3O2. The average molecular weight is 279 g/mol. The number of rotatable bonds is 6. The van der Waals surface area contributed by atoms with Crippen LogP contribution < -0.4 is 10.6 Å². The van der Waals surface area contributed by atoms with Crippen LogP contribution in [0.4, 0.5) is 0 Å². The monoisotopic (exact) mass is 279 g/mol. The first-order valence-electron chi connectivity index (χ1n) is 7.48. The molecule has 1 amide bonds. The molecule has 0 radical (unpaired) electrons. The van der Waals surface area contributed by atoms with Gasteiger partial charge in [0.25, 0.3) is 0 Å². The van der Waals surface area contributed by atoms with Crippen LogP contribution in [-0.4, -0.2) is 43.0 Å². The summed E-state index contributed by atoms with van der Waals surface area (Å²) in [4.78, 5) is 14.4. The molecule has 1 aromatic rings. The van der Waals surface area contributed by atoms with Crippen LogP contribution in [0.3, 0.4) is 0 Å². The van der Waals surface area contributed by atoms with Gasteiger partial charge in [0.15, 0.2) is 0 Å². The van der Waals surface area contributed by atoms with E-state index >= 15 is 0 Å². The van der Waals surface area contributed by atoms with Crippen LogP contribution in [0.5, 0.6) is 0 Å². The van der Waals surface area contributed by atoms with Gasteiger partial charge in [-0.2, -0.15) is 0 Å². The Morgan fingerprint density at radius 3 is 2.90 bits per heavy atom. The van der Waals surface area contributed by atoms with Crippen LogP contribution in [0.15, 0.2) is 22.8 Å². The molecule has 5 nitrogen and oxygen atoms in total. The highest BCUT2D eigenvalue weighted by molar-refractivity contribution is 5.78. The molecule has 2 rings (SSSR count). The Kier molecular flexibility index (Phi) is 5.61. The van der Waals surface area contributed by atoms with E-state index in [9.17, 15) is 4.79 Å². The van der Waals surface area contributed by atoms with Crippen LogP contribution in [0, 0.1) is 0 Å². The molecule has 1 saturated heterocycles. The molecule has 0 bridgehead atoms. The molecule has 0 aliphatic carbocycles. The van der Waals surface area contributed by atoms with Crippen molar-refractivity contribution >= 4 is 5.91 Å². The smallest absolute Gasteiger partial charge is 0.234 e. The Bertz CT molecular complexity index is 399. The van der Waals surface area contributed by atoms with Crippen molar-refractivity contribution in [3.8, 4) is 0 Å². The van der Waals surface area contributed by atoms with E-state index in [0.29, 0.717) is 12.6 Å². The number of carbonyl (C=O) groups is 1. The van der Waals surface area contributed by atoms with E-state index in [1.165, 1.54) is 0 Å². The van der Waals surface area contributed by atoms with Crippen molar-refractivity contribution in [2.45, 2.75) is 38.8 Å². The molecule has 0 aromatic carbocycles. The summed E-state index contributed by atoms with van der Waals surface area (Å²) in [7, 11) is 0. The van der Waals surface area contributed by atoms with Gasteiger partial charge in [0.05, 0.1) is 18.8 Å². The highest BCUT2D eigenvalue weighted by Crippen LogP contribution is 2.14. The first-order chi connectivity index (χ1) is 9.70. The third-order valence-electron chi connectivity index (χ3n) is 3.93. The normalized spacial score (nSPS) is 18.1. The van der Waals surface area contributed by atoms with Gasteiger partial charge in [0.2, 0.25) is 5.91 Å². The lowest BCUT2D eigenvalue weighted by Gasteiger charge is -2.33. The largest absolute Gasteiger partial charge is 0.467 e. The number of amides is 1. The Morgan fingerprint density at radius 2 is 2.30 bits per heavy atom. The molecule has 1 unspecified atom stereocenters. The van der Waals surface area contributed by atoms with Gasteiger partial charge in [-0.3, -0.25) is 9.69 Å². The summed E-state index contributed by atoms with van der Waals surface area (Å²) in [6.07, 6.45) is 3.87. The number of hydrogen-bond donors (Lipinski definition) is 2. The number of carbonyl (C=O) groups excluding carboxylic acids is 1. The highest BCUT2D eigenvalue weighted by atomic mass is 16.3. The second-order valence-corrected chi connectivity index (χ2v) is 5.35. The van der Waals surface area contributed by atoms with Crippen LogP contribution in [0.2, 0.25) is 0 Å². The minimum Gasteiger partial charge on any atom is -0.467 e. The summed E-state index contributed by atoms with van der Waals surface area (Å²) in [5.41, 5.74) is 0. The van der Waals surface area contributed by atoms with Crippen molar-refractivity contribution in [2.75, 3.05) is 26.2 Å². The van der Waals surface area contributed by atoms with Crippen molar-refractivity contribution in [3.05, 3.63) is 24.2 Å². The standard InChI is InChI=1S/C15H25N3O2/c1-3-18(13-6-8-16-9-7-13)11-15(19)17-12(2)14-5-4-10-20-14/h4-5,10,12-13,16H,3,6-9,11H2,1-2H3,(H,17,19). The summed E-state index contributed by atoms with van der Waals surface area (Å²) in [5.74, 6) is 0.859. The van der Waals surface area contributed by atoms with E-state index in [1.807, 2.05) is 19.1 Å². The molecule has 1 fully saturated rings. The van der Waals surface area contributed by atoms with E-state index in [2.05, 4.69) is 22.5 Å². The van der Waals surface area contributed by atoms with Crippen molar-refractivity contribution in [1.29, 1.82) is 0 Å². The van der Waals surface area contributed by atoms with Crippen LogP contribution >= 0.6 is 0 Å². The fraction of sp³-hybridized carbons (Fsp3) is 0.667. The van der Waals surface area contributed by atoms with Gasteiger partial charge in [0, 0.05) is 6.04 Å². The summed E-state index contributed by atoms with van der Waals surface area (Å²) >= 11 is 0. The van der Waals surface area contributed by atoms with E-state index in [-0.39, 0.29) is 11.9 Å². The molecule has 1 atom stereocenters. The number of likely N-dealkylation sites (N-methyl/N-ethyl adjacent to an activating group) is 1. The van der Waals surface area contributed by atoms with Gasteiger partial charge >= 0.3 is 0 Å². The SMILES string of the molecule is CCN(CC(=O)NC(C)c1ccco1)C1CCNCC1. The van der Waals surface area contributed by atoms with Gasteiger partial charge in [-0.1, -0.05) is 6.92 Å². The van der Waals surface area contributed by atoms with Crippen molar-refractivity contribution in [1.82, 2.24) is 15.5 Å². The summed E-state index contributed by atoms with van der Waals surface area (Å²) in [5, 5.41) is 6.35. The number of nitrogens with zero attached hydrogens (tertiary/aromatic N) is 1. The minimum atomic E-state index is -0.0794. The van der Waals surface area contributed by atoms with Gasteiger partial charge < -0.3 is 15.1 Å². The molecule has 2 N–H and O–H groups in total. The van der Waals surface area contributed by atoms with Gasteiger partial charge in [-0.05, 0) is 51.5 Å². The Hall–Kier alpha value is -1.33. The zero-order valence-corrected chi connectivity index (χ0v) is 12.4. The molecule has 0 spiro atoms. The zero-order valence-electron chi connectivity index (χ0n) is 12.4. The third-order valence-corrected chi connectivity index (χ3v) is 3.93. The predicted octanol–water partition coefficient (Wildman–Crippen LogP) is 1.53. The summed E-state index contributed by atoms with van der Waals surface area (Å²) in [6, 6.07) is 4.16. The van der Waals surface area contributed by atoms with E-state index < -0.39 is 0 Å². The fourth-order valence-corrected chi connectivity index (χ4v) is 2.75. The lowest BCUT2D eigenvalue weighted by Crippen LogP contribution is -2.47. The zero-order chi connectivity index (χ0) is 14.4. The Balaban J connectivity index is 1.82. The molecule has 1 aromatic heterocycles. The van der Waals surface area contributed by atoms with Crippen molar-refractivity contribution in [3.63, 3.8) is 0 Å². The van der Waals surface area contributed by atoms with E-state index in [4.69, 9.17) is 4.42 Å². The van der Waals surface area contributed by atoms with E-state index in [0.717, 1.165) is 38.2 Å². The number of furan rings is 1. The first kappa shape index (κ1) is 15.1. The van der Waals surface area contributed by atoms with Gasteiger partial charge in [-0.15, -0.1) is 0 Å². The van der Waals surface area contributed by atoms with Gasteiger partial charge in [-0.25, -0.2) is 0 Å². The Morgan fingerprint density at radius 1 is 1.55 bits per heavy atom. The maximum atomic E-state index is 12.2. The van der Waals surface area contributed by atoms with Crippen molar-refractivity contribution in [2.24, 2.45) is 0 Å². The molecule has 1 aliphatic heterocycles. The molecule has 20 heavy (non-hydrogen) atoms. The molecule has 112 valence electrons. The quantitative estimate of drug-likeness (QED) is 0.829. The second kappa shape index (κ2) is 7.45. The minimum absolute atomic E-state index is 0.0642. The number of hydrogen-bond acceptors (Lipinski definition) is 4. The van der Waals surface area contributed by atoms with Crippen LogP contribution in [-0.2, 0) is 4.79 Å². The summed E-state index contributed by atoms with van der Waals surface area (Å²) in [6.45, 7) is 7.53.